The van der Waals surface area contributed by atoms with Crippen molar-refractivity contribution in [3.8, 4) is 0 Å². The Morgan fingerprint density at radius 3 is 2.94 bits per heavy atom. The van der Waals surface area contributed by atoms with Crippen LogP contribution in [0.3, 0.4) is 0 Å². The molecular weight excluding hydrogens is 228 g/mol. The van der Waals surface area contributed by atoms with E-state index in [1.165, 1.54) is 0 Å². The summed E-state index contributed by atoms with van der Waals surface area (Å²) in [4.78, 5) is 4.32. The third kappa shape index (κ3) is 3.42. The number of aliphatic hydroxyl groups is 1. The summed E-state index contributed by atoms with van der Waals surface area (Å²) in [5.41, 5.74) is 2.10. The largest absolute Gasteiger partial charge is 0.394 e. The molecule has 4 nitrogen and oxygen atoms in total. The van der Waals surface area contributed by atoms with Crippen LogP contribution in [-0.4, -0.2) is 36.5 Å². The minimum atomic E-state index is 0.0857. The van der Waals surface area contributed by atoms with Gasteiger partial charge in [-0.25, -0.2) is 0 Å². The number of nitrogens with one attached hydrogen (secondary N) is 1. The van der Waals surface area contributed by atoms with Crippen molar-refractivity contribution in [1.82, 2.24) is 4.98 Å². The van der Waals surface area contributed by atoms with Crippen LogP contribution in [0, 0.1) is 0 Å². The van der Waals surface area contributed by atoms with Crippen LogP contribution >= 0.6 is 0 Å². The van der Waals surface area contributed by atoms with Crippen molar-refractivity contribution in [2.75, 3.05) is 31.7 Å². The van der Waals surface area contributed by atoms with Crippen molar-refractivity contribution in [3.63, 3.8) is 0 Å². The molecule has 4 heteroatoms. The molecule has 0 aliphatic rings. The first-order valence-corrected chi connectivity index (χ1v) is 6.18. The molecule has 0 unspecified atom stereocenters. The fourth-order valence-electron chi connectivity index (χ4n) is 1.81. The van der Waals surface area contributed by atoms with E-state index in [1.807, 2.05) is 30.5 Å². The van der Waals surface area contributed by atoms with Crippen LogP contribution in [0.25, 0.3) is 10.9 Å². The lowest BCUT2D eigenvalue weighted by Crippen LogP contribution is -2.07. The van der Waals surface area contributed by atoms with Gasteiger partial charge in [0.15, 0.2) is 0 Å². The molecule has 1 aromatic carbocycles. The standard InChI is InChI=1S/C14H18N2O2/c17-9-11-18-10-3-7-15-14-6-8-16-13-5-2-1-4-12(13)14/h1-2,4-6,8,17H,3,7,9-11H2,(H,15,16). The molecule has 96 valence electrons. The van der Waals surface area contributed by atoms with Crippen molar-refractivity contribution in [2.24, 2.45) is 0 Å². The summed E-state index contributed by atoms with van der Waals surface area (Å²) in [5, 5.41) is 13.1. The van der Waals surface area contributed by atoms with Gasteiger partial charge >= 0.3 is 0 Å². The van der Waals surface area contributed by atoms with Gasteiger partial charge in [0.05, 0.1) is 18.7 Å². The molecule has 0 aliphatic heterocycles. The lowest BCUT2D eigenvalue weighted by molar-refractivity contribution is 0.0922. The number of benzene rings is 1. The van der Waals surface area contributed by atoms with Crippen LogP contribution in [0.15, 0.2) is 36.5 Å². The van der Waals surface area contributed by atoms with Gasteiger partial charge in [-0.2, -0.15) is 0 Å². The van der Waals surface area contributed by atoms with E-state index in [-0.39, 0.29) is 6.61 Å². The van der Waals surface area contributed by atoms with E-state index in [4.69, 9.17) is 9.84 Å². The molecule has 0 atom stereocenters. The maximum atomic E-state index is 8.57. The summed E-state index contributed by atoms with van der Waals surface area (Å²) in [5.74, 6) is 0. The van der Waals surface area contributed by atoms with Crippen molar-refractivity contribution in [3.05, 3.63) is 36.5 Å². The van der Waals surface area contributed by atoms with Gasteiger partial charge in [-0.3, -0.25) is 4.98 Å². The van der Waals surface area contributed by atoms with E-state index in [1.54, 1.807) is 0 Å². The van der Waals surface area contributed by atoms with Gasteiger partial charge in [0.25, 0.3) is 0 Å². The van der Waals surface area contributed by atoms with Gasteiger partial charge in [-0.15, -0.1) is 0 Å². The average molecular weight is 246 g/mol. The molecule has 0 saturated heterocycles. The zero-order chi connectivity index (χ0) is 12.6. The Morgan fingerprint density at radius 2 is 2.06 bits per heavy atom. The Balaban J connectivity index is 1.88. The molecule has 0 spiro atoms. The Kier molecular flexibility index (Phi) is 4.93. The summed E-state index contributed by atoms with van der Waals surface area (Å²) < 4.78 is 5.21. The molecule has 2 aromatic rings. The molecule has 0 amide bonds. The fraction of sp³-hybridized carbons (Fsp3) is 0.357. The van der Waals surface area contributed by atoms with E-state index in [0.29, 0.717) is 13.2 Å². The van der Waals surface area contributed by atoms with Crippen molar-refractivity contribution in [1.29, 1.82) is 0 Å². The Bertz CT molecular complexity index is 483. The van der Waals surface area contributed by atoms with Gasteiger partial charge in [0.1, 0.15) is 0 Å². The zero-order valence-corrected chi connectivity index (χ0v) is 10.3. The highest BCUT2D eigenvalue weighted by molar-refractivity contribution is 5.90. The second-order valence-corrected chi connectivity index (χ2v) is 3.99. The van der Waals surface area contributed by atoms with E-state index in [2.05, 4.69) is 16.4 Å². The SMILES string of the molecule is OCCOCCCNc1ccnc2ccccc12. The van der Waals surface area contributed by atoms with Crippen LogP contribution < -0.4 is 5.32 Å². The first-order chi connectivity index (χ1) is 8.92. The molecule has 0 aliphatic carbocycles. The van der Waals surface area contributed by atoms with E-state index < -0.39 is 0 Å². The zero-order valence-electron chi connectivity index (χ0n) is 10.3. The Morgan fingerprint density at radius 1 is 1.17 bits per heavy atom. The highest BCUT2D eigenvalue weighted by atomic mass is 16.5. The summed E-state index contributed by atoms with van der Waals surface area (Å²) in [7, 11) is 0. The number of para-hydroxylation sites is 1. The Labute approximate surface area is 107 Å². The van der Waals surface area contributed by atoms with Crippen molar-refractivity contribution in [2.45, 2.75) is 6.42 Å². The summed E-state index contributed by atoms with van der Waals surface area (Å²) in [6.45, 7) is 2.01. The minimum absolute atomic E-state index is 0.0857. The third-order valence-electron chi connectivity index (χ3n) is 2.67. The summed E-state index contributed by atoms with van der Waals surface area (Å²) >= 11 is 0. The number of rotatable bonds is 7. The van der Waals surface area contributed by atoms with Crippen LogP contribution in [0.5, 0.6) is 0 Å². The number of pyridine rings is 1. The van der Waals surface area contributed by atoms with Crippen LogP contribution in [-0.2, 0) is 4.74 Å². The molecule has 0 radical (unpaired) electrons. The maximum absolute atomic E-state index is 8.57. The molecule has 0 saturated carbocycles. The summed E-state index contributed by atoms with van der Waals surface area (Å²) in [6, 6.07) is 10.1. The van der Waals surface area contributed by atoms with Crippen LogP contribution in [0.1, 0.15) is 6.42 Å². The summed E-state index contributed by atoms with van der Waals surface area (Å²) in [6.07, 6.45) is 2.73. The number of hydrogen-bond acceptors (Lipinski definition) is 4. The molecule has 2 rings (SSSR count). The van der Waals surface area contributed by atoms with E-state index >= 15 is 0 Å². The molecular formula is C14H18N2O2. The predicted octanol–water partition coefficient (Wildman–Crippen LogP) is 2.05. The molecule has 0 fully saturated rings. The molecule has 1 heterocycles. The number of aliphatic hydroxyl groups excluding tert-OH is 1. The quantitative estimate of drug-likeness (QED) is 0.734. The number of fused-ring (bicyclic) bond motifs is 1. The van der Waals surface area contributed by atoms with Gasteiger partial charge < -0.3 is 15.2 Å². The number of anilines is 1. The average Bonchev–Trinajstić information content (AvgIpc) is 2.43. The third-order valence-corrected chi connectivity index (χ3v) is 2.67. The maximum Gasteiger partial charge on any atom is 0.0722 e. The van der Waals surface area contributed by atoms with E-state index in [0.717, 1.165) is 29.6 Å². The lowest BCUT2D eigenvalue weighted by atomic mass is 10.2. The van der Waals surface area contributed by atoms with Gasteiger partial charge in [0, 0.05) is 30.4 Å². The Hall–Kier alpha value is -1.65. The topological polar surface area (TPSA) is 54.4 Å². The van der Waals surface area contributed by atoms with Gasteiger partial charge in [0.2, 0.25) is 0 Å². The van der Waals surface area contributed by atoms with Crippen molar-refractivity contribution < 1.29 is 9.84 Å². The molecule has 0 bridgehead atoms. The first kappa shape index (κ1) is 12.8. The smallest absolute Gasteiger partial charge is 0.0722 e. The predicted molar refractivity (Wildman–Crippen MR) is 72.8 cm³/mol. The number of nitrogens with zero attached hydrogens (tertiary/aromatic N) is 1. The fourth-order valence-corrected chi connectivity index (χ4v) is 1.81. The molecule has 1 aromatic heterocycles. The van der Waals surface area contributed by atoms with Crippen LogP contribution in [0.2, 0.25) is 0 Å². The number of hydrogen-bond donors (Lipinski definition) is 2. The second kappa shape index (κ2) is 6.93. The van der Waals surface area contributed by atoms with Gasteiger partial charge in [-0.1, -0.05) is 18.2 Å². The normalized spacial score (nSPS) is 10.7. The lowest BCUT2D eigenvalue weighted by Gasteiger charge is -2.09. The monoisotopic (exact) mass is 246 g/mol. The minimum Gasteiger partial charge on any atom is -0.394 e. The van der Waals surface area contributed by atoms with Crippen LogP contribution in [0.4, 0.5) is 5.69 Å². The van der Waals surface area contributed by atoms with E-state index in [9.17, 15) is 0 Å². The number of ether oxygens (including phenoxy) is 1. The second-order valence-electron chi connectivity index (χ2n) is 3.99. The molecule has 18 heavy (non-hydrogen) atoms. The highest BCUT2D eigenvalue weighted by Crippen LogP contribution is 2.20. The van der Waals surface area contributed by atoms with Gasteiger partial charge in [-0.05, 0) is 18.6 Å². The first-order valence-electron chi connectivity index (χ1n) is 6.18. The molecule has 2 N–H and O–H groups in total. The highest BCUT2D eigenvalue weighted by Gasteiger charge is 1.99. The van der Waals surface area contributed by atoms with Crippen molar-refractivity contribution >= 4 is 16.6 Å². The number of aromatic nitrogens is 1.